The van der Waals surface area contributed by atoms with E-state index in [9.17, 15) is 5.11 Å². The van der Waals surface area contributed by atoms with Crippen LogP contribution in [0.5, 0.6) is 23.0 Å². The molecule has 1 rings (SSSR count). The van der Waals surface area contributed by atoms with E-state index in [2.05, 4.69) is 0 Å². The first-order valence-electron chi connectivity index (χ1n) is 6.98. The summed E-state index contributed by atoms with van der Waals surface area (Å²) < 4.78 is 16.6. The van der Waals surface area contributed by atoms with Crippen LogP contribution in [0.4, 0.5) is 0 Å². The van der Waals surface area contributed by atoms with Gasteiger partial charge in [0, 0.05) is 0 Å². The van der Waals surface area contributed by atoms with Crippen LogP contribution in [-0.2, 0) is 0 Å². The quantitative estimate of drug-likeness (QED) is 0.740. The fourth-order valence-electron chi connectivity index (χ4n) is 1.53. The highest BCUT2D eigenvalue weighted by Crippen LogP contribution is 2.43. The van der Waals surface area contributed by atoms with Gasteiger partial charge in [-0.3, -0.25) is 0 Å². The number of hydrogen-bond donors (Lipinski definition) is 1. The van der Waals surface area contributed by atoms with Crippen molar-refractivity contribution in [3.63, 3.8) is 0 Å². The maximum atomic E-state index is 10.2. The Morgan fingerprint density at radius 1 is 0.789 bits per heavy atom. The molecule has 0 unspecified atom stereocenters. The summed E-state index contributed by atoms with van der Waals surface area (Å²) in [6.07, 6.45) is 2.66. The minimum Gasteiger partial charge on any atom is -0.502 e. The standard InChI is InChI=1S/C15H24O4/c1-4-9-17-12-7-8-13(18-10-5-2)15(14(12)16)19-11-6-3/h7-8,16H,4-6,9-11H2,1-3H3. The lowest BCUT2D eigenvalue weighted by Gasteiger charge is -2.16. The molecule has 0 aliphatic carbocycles. The van der Waals surface area contributed by atoms with Crippen LogP contribution < -0.4 is 14.2 Å². The van der Waals surface area contributed by atoms with E-state index in [1.165, 1.54) is 0 Å². The zero-order chi connectivity index (χ0) is 14.1. The van der Waals surface area contributed by atoms with Gasteiger partial charge in [-0.25, -0.2) is 0 Å². The zero-order valence-corrected chi connectivity index (χ0v) is 12.1. The molecule has 0 aliphatic heterocycles. The van der Waals surface area contributed by atoms with E-state index in [1.54, 1.807) is 12.1 Å². The predicted octanol–water partition coefficient (Wildman–Crippen LogP) is 3.76. The maximum absolute atomic E-state index is 10.2. The van der Waals surface area contributed by atoms with Crippen molar-refractivity contribution in [1.29, 1.82) is 0 Å². The predicted molar refractivity (Wildman–Crippen MR) is 75.5 cm³/mol. The van der Waals surface area contributed by atoms with Crippen LogP contribution in [0.15, 0.2) is 12.1 Å². The molecule has 0 radical (unpaired) electrons. The lowest BCUT2D eigenvalue weighted by Crippen LogP contribution is -2.03. The van der Waals surface area contributed by atoms with Gasteiger partial charge in [-0.1, -0.05) is 20.8 Å². The number of hydrogen-bond acceptors (Lipinski definition) is 4. The van der Waals surface area contributed by atoms with Crippen molar-refractivity contribution in [3.05, 3.63) is 12.1 Å². The summed E-state index contributed by atoms with van der Waals surface area (Å²) in [5.74, 6) is 1.41. The Morgan fingerprint density at radius 2 is 1.26 bits per heavy atom. The molecule has 0 bridgehead atoms. The van der Waals surface area contributed by atoms with Crippen LogP contribution in [-0.4, -0.2) is 24.9 Å². The lowest BCUT2D eigenvalue weighted by atomic mass is 10.2. The third-order valence-corrected chi connectivity index (χ3v) is 2.43. The van der Waals surface area contributed by atoms with Crippen LogP contribution in [0, 0.1) is 0 Å². The molecule has 0 aliphatic rings. The fourth-order valence-corrected chi connectivity index (χ4v) is 1.53. The molecular formula is C15H24O4. The molecule has 0 saturated heterocycles. The largest absolute Gasteiger partial charge is 0.502 e. The Kier molecular flexibility index (Phi) is 6.93. The highest BCUT2D eigenvalue weighted by atomic mass is 16.5. The van der Waals surface area contributed by atoms with Crippen molar-refractivity contribution in [2.75, 3.05) is 19.8 Å². The number of phenolic OH excluding ortho intramolecular Hbond substituents is 1. The lowest BCUT2D eigenvalue weighted by molar-refractivity contribution is 0.247. The van der Waals surface area contributed by atoms with Crippen LogP contribution in [0.2, 0.25) is 0 Å². The highest BCUT2D eigenvalue weighted by molar-refractivity contribution is 5.58. The summed E-state index contributed by atoms with van der Waals surface area (Å²) in [4.78, 5) is 0. The molecule has 19 heavy (non-hydrogen) atoms. The van der Waals surface area contributed by atoms with Crippen LogP contribution in [0.3, 0.4) is 0 Å². The summed E-state index contributed by atoms with van der Waals surface area (Å²) in [5.41, 5.74) is 0. The van der Waals surface area contributed by atoms with E-state index in [0.717, 1.165) is 19.3 Å². The van der Waals surface area contributed by atoms with Crippen LogP contribution in [0.1, 0.15) is 40.0 Å². The minimum absolute atomic E-state index is 0.0236. The molecule has 4 nitrogen and oxygen atoms in total. The molecule has 108 valence electrons. The second-order valence-electron chi connectivity index (χ2n) is 4.28. The molecule has 0 saturated carbocycles. The number of benzene rings is 1. The van der Waals surface area contributed by atoms with E-state index in [-0.39, 0.29) is 5.75 Å². The van der Waals surface area contributed by atoms with Gasteiger partial charge in [0.05, 0.1) is 19.8 Å². The van der Waals surface area contributed by atoms with Gasteiger partial charge in [-0.05, 0) is 31.4 Å². The molecule has 0 fully saturated rings. The molecule has 1 aromatic carbocycles. The Bertz CT molecular complexity index is 377. The normalized spacial score (nSPS) is 10.3. The first-order valence-corrected chi connectivity index (χ1v) is 6.98. The van der Waals surface area contributed by atoms with Crippen molar-refractivity contribution in [1.82, 2.24) is 0 Å². The van der Waals surface area contributed by atoms with Gasteiger partial charge in [0.1, 0.15) is 0 Å². The van der Waals surface area contributed by atoms with Crippen molar-refractivity contribution in [3.8, 4) is 23.0 Å². The van der Waals surface area contributed by atoms with Crippen LogP contribution >= 0.6 is 0 Å². The van der Waals surface area contributed by atoms with Gasteiger partial charge in [-0.15, -0.1) is 0 Å². The van der Waals surface area contributed by atoms with Gasteiger partial charge in [-0.2, -0.15) is 0 Å². The summed E-state index contributed by atoms with van der Waals surface area (Å²) in [5, 5.41) is 10.2. The average Bonchev–Trinajstić information content (AvgIpc) is 2.43. The zero-order valence-electron chi connectivity index (χ0n) is 12.1. The Labute approximate surface area is 115 Å². The maximum Gasteiger partial charge on any atom is 0.207 e. The first kappa shape index (κ1) is 15.5. The summed E-state index contributed by atoms with van der Waals surface area (Å²) in [7, 11) is 0. The molecule has 0 atom stereocenters. The summed E-state index contributed by atoms with van der Waals surface area (Å²) >= 11 is 0. The smallest absolute Gasteiger partial charge is 0.207 e. The van der Waals surface area contributed by atoms with Gasteiger partial charge in [0.2, 0.25) is 11.5 Å². The molecule has 0 spiro atoms. The van der Waals surface area contributed by atoms with E-state index in [1.807, 2.05) is 20.8 Å². The second-order valence-corrected chi connectivity index (χ2v) is 4.28. The Morgan fingerprint density at radius 3 is 1.84 bits per heavy atom. The summed E-state index contributed by atoms with van der Waals surface area (Å²) in [6, 6.07) is 3.50. The summed E-state index contributed by atoms with van der Waals surface area (Å²) in [6.45, 7) is 7.76. The monoisotopic (exact) mass is 268 g/mol. The molecule has 0 aromatic heterocycles. The van der Waals surface area contributed by atoms with Crippen molar-refractivity contribution >= 4 is 0 Å². The van der Waals surface area contributed by atoms with Gasteiger partial charge < -0.3 is 19.3 Å². The van der Waals surface area contributed by atoms with Gasteiger partial charge >= 0.3 is 0 Å². The molecular weight excluding hydrogens is 244 g/mol. The molecule has 1 aromatic rings. The van der Waals surface area contributed by atoms with E-state index in [4.69, 9.17) is 14.2 Å². The highest BCUT2D eigenvalue weighted by Gasteiger charge is 2.16. The average molecular weight is 268 g/mol. The van der Waals surface area contributed by atoms with Gasteiger partial charge in [0.25, 0.3) is 0 Å². The van der Waals surface area contributed by atoms with Crippen LogP contribution in [0.25, 0.3) is 0 Å². The first-order chi connectivity index (χ1) is 9.24. The Hall–Kier alpha value is -1.58. The topological polar surface area (TPSA) is 47.9 Å². The Balaban J connectivity index is 2.94. The molecule has 1 N–H and O–H groups in total. The van der Waals surface area contributed by atoms with Crippen molar-refractivity contribution in [2.45, 2.75) is 40.0 Å². The number of ether oxygens (including phenoxy) is 3. The number of rotatable bonds is 9. The van der Waals surface area contributed by atoms with E-state index >= 15 is 0 Å². The van der Waals surface area contributed by atoms with Crippen molar-refractivity contribution < 1.29 is 19.3 Å². The van der Waals surface area contributed by atoms with Crippen molar-refractivity contribution in [2.24, 2.45) is 0 Å². The number of aromatic hydroxyl groups is 1. The minimum atomic E-state index is 0.0236. The third-order valence-electron chi connectivity index (χ3n) is 2.43. The SMILES string of the molecule is CCCOc1ccc(OCCC)c(OCCC)c1O. The molecule has 0 heterocycles. The number of phenols is 1. The van der Waals surface area contributed by atoms with E-state index < -0.39 is 0 Å². The fraction of sp³-hybridized carbons (Fsp3) is 0.600. The molecule has 4 heteroatoms. The van der Waals surface area contributed by atoms with E-state index in [0.29, 0.717) is 37.1 Å². The molecule has 0 amide bonds. The van der Waals surface area contributed by atoms with Gasteiger partial charge in [0.15, 0.2) is 11.5 Å². The second kappa shape index (κ2) is 8.51. The third kappa shape index (κ3) is 4.54.